The topological polar surface area (TPSA) is 92.2 Å². The van der Waals surface area contributed by atoms with E-state index in [1.54, 1.807) is 16.9 Å². The molecule has 0 saturated heterocycles. The van der Waals surface area contributed by atoms with Crippen LogP contribution in [0.2, 0.25) is 0 Å². The summed E-state index contributed by atoms with van der Waals surface area (Å²) in [5.74, 6) is 0.0188. The van der Waals surface area contributed by atoms with Gasteiger partial charge in [0.2, 0.25) is 5.76 Å². The van der Waals surface area contributed by atoms with E-state index in [9.17, 15) is 9.59 Å². The van der Waals surface area contributed by atoms with Crippen molar-refractivity contribution in [3.63, 3.8) is 0 Å². The summed E-state index contributed by atoms with van der Waals surface area (Å²) in [6.07, 6.45) is 1.69. The Bertz CT molecular complexity index is 1300. The van der Waals surface area contributed by atoms with Crippen molar-refractivity contribution in [2.45, 2.75) is 33.2 Å². The van der Waals surface area contributed by atoms with Crippen molar-refractivity contribution >= 4 is 16.9 Å². The second kappa shape index (κ2) is 7.62. The number of ether oxygens (including phenoxy) is 1. The lowest BCUT2D eigenvalue weighted by atomic mass is 10.1. The molecule has 0 aliphatic rings. The monoisotopic (exact) mass is 406 g/mol. The van der Waals surface area contributed by atoms with Crippen LogP contribution in [0.15, 0.2) is 51.8 Å². The zero-order valence-corrected chi connectivity index (χ0v) is 17.2. The first-order valence-corrected chi connectivity index (χ1v) is 9.62. The SMILES string of the molecule is COC(=O)c1ccc(Cn2nc(C(C)C)c3cnn(-c4ccccc4C)c3c2=O)o1. The quantitative estimate of drug-likeness (QED) is 0.472. The van der Waals surface area contributed by atoms with Crippen molar-refractivity contribution in [3.8, 4) is 5.69 Å². The van der Waals surface area contributed by atoms with Gasteiger partial charge in [-0.3, -0.25) is 4.79 Å². The predicted octanol–water partition coefficient (Wildman–Crippen LogP) is 3.44. The number of fused-ring (bicyclic) bond motifs is 1. The fourth-order valence-electron chi connectivity index (χ4n) is 3.43. The van der Waals surface area contributed by atoms with Crippen molar-refractivity contribution in [1.82, 2.24) is 19.6 Å². The Kier molecular flexibility index (Phi) is 4.99. The molecule has 3 aromatic heterocycles. The third kappa shape index (κ3) is 3.30. The van der Waals surface area contributed by atoms with Gasteiger partial charge in [-0.15, -0.1) is 0 Å². The Labute approximate surface area is 172 Å². The molecule has 0 saturated carbocycles. The molecular weight excluding hydrogens is 384 g/mol. The maximum Gasteiger partial charge on any atom is 0.373 e. The number of furan rings is 1. The number of hydrogen-bond donors (Lipinski definition) is 0. The maximum atomic E-state index is 13.4. The molecule has 0 amide bonds. The van der Waals surface area contributed by atoms with E-state index in [0.717, 1.165) is 22.3 Å². The molecule has 3 heterocycles. The standard InChI is InChI=1S/C22H22N4O4/c1-13(2)19-16-11-23-26(17-8-6-5-7-14(17)3)20(16)21(27)25(24-19)12-15-9-10-18(30-15)22(28)29-4/h5-11,13H,12H2,1-4H3. The van der Waals surface area contributed by atoms with E-state index in [4.69, 9.17) is 4.42 Å². The number of hydrogen-bond acceptors (Lipinski definition) is 6. The minimum absolute atomic E-state index is 0.0793. The van der Waals surface area contributed by atoms with Crippen LogP contribution >= 0.6 is 0 Å². The van der Waals surface area contributed by atoms with Gasteiger partial charge in [-0.1, -0.05) is 32.0 Å². The van der Waals surface area contributed by atoms with Crippen molar-refractivity contribution in [1.29, 1.82) is 0 Å². The summed E-state index contributed by atoms with van der Waals surface area (Å²) < 4.78 is 13.2. The third-order valence-corrected chi connectivity index (χ3v) is 4.95. The zero-order valence-electron chi connectivity index (χ0n) is 17.2. The second-order valence-electron chi connectivity index (χ2n) is 7.37. The number of methoxy groups -OCH3 is 1. The van der Waals surface area contributed by atoms with Crippen LogP contribution in [0.4, 0.5) is 0 Å². The zero-order chi connectivity index (χ0) is 21.4. The highest BCUT2D eigenvalue weighted by Gasteiger charge is 2.20. The molecule has 4 aromatic rings. The lowest BCUT2D eigenvalue weighted by Gasteiger charge is -2.12. The molecule has 154 valence electrons. The number of benzene rings is 1. The molecule has 0 aliphatic heterocycles. The van der Waals surface area contributed by atoms with Crippen LogP contribution in [0.1, 0.15) is 47.3 Å². The van der Waals surface area contributed by atoms with Crippen LogP contribution in [-0.2, 0) is 11.3 Å². The van der Waals surface area contributed by atoms with E-state index in [1.807, 2.05) is 45.0 Å². The molecule has 8 nitrogen and oxygen atoms in total. The summed E-state index contributed by atoms with van der Waals surface area (Å²) in [5.41, 5.74) is 2.78. The molecular formula is C22H22N4O4. The molecule has 1 aromatic carbocycles. The predicted molar refractivity (Wildman–Crippen MR) is 111 cm³/mol. The maximum absolute atomic E-state index is 13.4. The number of carbonyl (C=O) groups is 1. The first-order chi connectivity index (χ1) is 14.4. The minimum Gasteiger partial charge on any atom is -0.463 e. The molecule has 0 bridgehead atoms. The summed E-state index contributed by atoms with van der Waals surface area (Å²) >= 11 is 0. The summed E-state index contributed by atoms with van der Waals surface area (Å²) in [6.45, 7) is 6.10. The minimum atomic E-state index is -0.572. The number of nitrogens with zero attached hydrogens (tertiary/aromatic N) is 4. The van der Waals surface area contributed by atoms with Gasteiger partial charge in [-0.25, -0.2) is 14.2 Å². The van der Waals surface area contributed by atoms with Gasteiger partial charge < -0.3 is 9.15 Å². The van der Waals surface area contributed by atoms with E-state index in [-0.39, 0.29) is 23.8 Å². The Hall–Kier alpha value is -3.68. The summed E-state index contributed by atoms with van der Waals surface area (Å²) in [4.78, 5) is 25.0. The lowest BCUT2D eigenvalue weighted by molar-refractivity contribution is 0.0562. The smallest absolute Gasteiger partial charge is 0.373 e. The fourth-order valence-corrected chi connectivity index (χ4v) is 3.43. The van der Waals surface area contributed by atoms with Gasteiger partial charge in [-0.05, 0) is 36.6 Å². The summed E-state index contributed by atoms with van der Waals surface area (Å²) in [7, 11) is 1.28. The molecule has 4 rings (SSSR count). The van der Waals surface area contributed by atoms with E-state index in [1.165, 1.54) is 17.9 Å². The number of rotatable bonds is 5. The first kappa shape index (κ1) is 19.6. The number of esters is 1. The van der Waals surface area contributed by atoms with E-state index < -0.39 is 5.97 Å². The number of aryl methyl sites for hydroxylation is 1. The van der Waals surface area contributed by atoms with Crippen molar-refractivity contribution in [2.24, 2.45) is 0 Å². The van der Waals surface area contributed by atoms with Gasteiger partial charge in [0.15, 0.2) is 0 Å². The molecule has 0 aliphatic carbocycles. The summed E-state index contributed by atoms with van der Waals surface area (Å²) in [5, 5.41) is 9.80. The molecule has 0 atom stereocenters. The molecule has 0 spiro atoms. The van der Waals surface area contributed by atoms with E-state index >= 15 is 0 Å². The highest BCUT2D eigenvalue weighted by molar-refractivity contribution is 5.86. The number of aromatic nitrogens is 4. The Morgan fingerprint density at radius 3 is 2.67 bits per heavy atom. The Morgan fingerprint density at radius 1 is 1.20 bits per heavy atom. The molecule has 0 radical (unpaired) electrons. The molecule has 0 N–H and O–H groups in total. The number of carbonyl (C=O) groups excluding carboxylic acids is 1. The Morgan fingerprint density at radius 2 is 1.97 bits per heavy atom. The third-order valence-electron chi connectivity index (χ3n) is 4.95. The molecule has 8 heteroatoms. The van der Waals surface area contributed by atoms with Crippen LogP contribution in [-0.4, -0.2) is 32.6 Å². The van der Waals surface area contributed by atoms with Crippen LogP contribution in [0.25, 0.3) is 16.6 Å². The van der Waals surface area contributed by atoms with Gasteiger partial charge in [0.1, 0.15) is 17.8 Å². The molecule has 30 heavy (non-hydrogen) atoms. The largest absolute Gasteiger partial charge is 0.463 e. The van der Waals surface area contributed by atoms with Crippen LogP contribution in [0.5, 0.6) is 0 Å². The van der Waals surface area contributed by atoms with Crippen LogP contribution < -0.4 is 5.56 Å². The lowest BCUT2D eigenvalue weighted by Crippen LogP contribution is -2.27. The fraction of sp³-hybridized carbons (Fsp3) is 0.273. The van der Waals surface area contributed by atoms with Crippen molar-refractivity contribution in [2.75, 3.05) is 7.11 Å². The molecule has 0 fully saturated rings. The van der Waals surface area contributed by atoms with Gasteiger partial charge in [-0.2, -0.15) is 10.2 Å². The molecule has 0 unspecified atom stereocenters. The number of para-hydroxylation sites is 1. The van der Waals surface area contributed by atoms with Gasteiger partial charge in [0.05, 0.1) is 24.7 Å². The van der Waals surface area contributed by atoms with E-state index in [0.29, 0.717) is 11.3 Å². The average Bonchev–Trinajstić information content (AvgIpc) is 3.37. The second-order valence-corrected chi connectivity index (χ2v) is 7.37. The van der Waals surface area contributed by atoms with Gasteiger partial charge >= 0.3 is 5.97 Å². The van der Waals surface area contributed by atoms with Crippen molar-refractivity contribution in [3.05, 3.63) is 75.7 Å². The van der Waals surface area contributed by atoms with Crippen molar-refractivity contribution < 1.29 is 13.9 Å². The Balaban J connectivity index is 1.89. The van der Waals surface area contributed by atoms with Crippen LogP contribution in [0, 0.1) is 6.92 Å². The van der Waals surface area contributed by atoms with Gasteiger partial charge in [0, 0.05) is 5.39 Å². The van der Waals surface area contributed by atoms with Crippen LogP contribution in [0.3, 0.4) is 0 Å². The van der Waals surface area contributed by atoms with E-state index in [2.05, 4.69) is 14.9 Å². The summed E-state index contributed by atoms with van der Waals surface area (Å²) in [6, 6.07) is 10.9. The normalized spacial score (nSPS) is 11.4. The highest BCUT2D eigenvalue weighted by Crippen LogP contribution is 2.24. The highest BCUT2D eigenvalue weighted by atomic mass is 16.5. The first-order valence-electron chi connectivity index (χ1n) is 9.62. The average molecular weight is 406 g/mol. The van der Waals surface area contributed by atoms with Gasteiger partial charge in [0.25, 0.3) is 5.56 Å².